The van der Waals surface area contributed by atoms with Crippen molar-refractivity contribution >= 4 is 12.2 Å². The van der Waals surface area contributed by atoms with Crippen LogP contribution in [0, 0.1) is 0 Å². The van der Waals surface area contributed by atoms with E-state index in [1.54, 1.807) is 0 Å². The highest BCUT2D eigenvalue weighted by atomic mass is 16.5. The van der Waals surface area contributed by atoms with Gasteiger partial charge in [-0.15, -0.1) is 0 Å². The first-order valence-corrected chi connectivity index (χ1v) is 1.44. The largest absolute Gasteiger partial charge is 0.462 e. The maximum absolute atomic E-state index is 9.78. The zero-order valence-electron chi connectivity index (χ0n) is 3.47. The van der Waals surface area contributed by atoms with Crippen molar-refractivity contribution in [3.05, 3.63) is 0 Å². The summed E-state index contributed by atoms with van der Waals surface area (Å²) in [5, 5.41) is 4.68. The van der Waals surface area contributed by atoms with E-state index in [9.17, 15) is 4.79 Å². The third-order valence-electron chi connectivity index (χ3n) is 0.337. The third kappa shape index (κ3) is 1.46. The van der Waals surface area contributed by atoms with Crippen molar-refractivity contribution < 1.29 is 14.9 Å². The van der Waals surface area contributed by atoms with Gasteiger partial charge in [0.05, 0.1) is 7.11 Å². The van der Waals surface area contributed by atoms with Gasteiger partial charge in [-0.1, -0.05) is 0 Å². The van der Waals surface area contributed by atoms with Gasteiger partial charge < -0.3 is 4.74 Å². The normalized spacial score (nSPS) is 6.83. The van der Waals surface area contributed by atoms with E-state index in [2.05, 4.69) is 10.1 Å². The third-order valence-corrected chi connectivity index (χ3v) is 0.337. The first kappa shape index (κ1) is 5.14. The smallest absolute Gasteiger partial charge is 0.394 e. The summed E-state index contributed by atoms with van der Waals surface area (Å²) in [6, 6.07) is 0. The summed E-state index contributed by atoms with van der Waals surface area (Å²) < 4.78 is 4.08. The lowest BCUT2D eigenvalue weighted by molar-refractivity contribution is -0.146. The van der Waals surface area contributed by atoms with Crippen molar-refractivity contribution in [2.75, 3.05) is 7.11 Å². The highest BCUT2D eigenvalue weighted by Crippen LogP contribution is 1.56. The minimum atomic E-state index is -0.505. The highest BCUT2D eigenvalue weighted by Gasteiger charge is 1.89. The molecule has 0 spiro atoms. The molecule has 0 aliphatic carbocycles. The number of rotatable bonds is 1. The minimum Gasteiger partial charge on any atom is -0.462 e. The van der Waals surface area contributed by atoms with Gasteiger partial charge in [0.1, 0.15) is 0 Å². The number of esters is 1. The van der Waals surface area contributed by atoms with E-state index >= 15 is 0 Å². The van der Waals surface area contributed by atoms with Crippen LogP contribution < -0.4 is 5.41 Å². The van der Waals surface area contributed by atoms with Gasteiger partial charge >= 0.3 is 5.97 Å². The molecular formula is C3H6NO2+. The number of carbonyl (C=O) groups is 1. The van der Waals surface area contributed by atoms with Crippen LogP contribution in [0.2, 0.25) is 0 Å². The van der Waals surface area contributed by atoms with Gasteiger partial charge in [-0.3, -0.25) is 5.41 Å². The number of hydrogen-bond acceptors (Lipinski definition) is 2. The molecule has 0 heterocycles. The fraction of sp³-hybridized carbons (Fsp3) is 0.333. The van der Waals surface area contributed by atoms with Crippen LogP contribution in [0.5, 0.6) is 0 Å². The molecule has 34 valence electrons. The van der Waals surface area contributed by atoms with Crippen LogP contribution in [-0.4, -0.2) is 19.3 Å². The van der Waals surface area contributed by atoms with Crippen LogP contribution in [0.3, 0.4) is 0 Å². The van der Waals surface area contributed by atoms with Crippen LogP contribution in [-0.2, 0) is 9.53 Å². The topological polar surface area (TPSA) is 51.9 Å². The summed E-state index contributed by atoms with van der Waals surface area (Å²) in [5.74, 6) is -0.505. The van der Waals surface area contributed by atoms with Gasteiger partial charge in [0.15, 0.2) is 0 Å². The second kappa shape index (κ2) is 2.38. The van der Waals surface area contributed by atoms with Crippen LogP contribution in [0.25, 0.3) is 0 Å². The zero-order valence-corrected chi connectivity index (χ0v) is 3.47. The molecule has 0 unspecified atom stereocenters. The average molecular weight is 88.1 g/mol. The predicted molar refractivity (Wildman–Crippen MR) is 20.0 cm³/mol. The number of hydrogen-bond donors (Lipinski definition) is 1. The molecular weight excluding hydrogens is 82.0 g/mol. The maximum Gasteiger partial charge on any atom is 0.394 e. The molecule has 3 heteroatoms. The van der Waals surface area contributed by atoms with Gasteiger partial charge in [0.25, 0.3) is 0 Å². The molecule has 0 aromatic rings. The zero-order chi connectivity index (χ0) is 4.99. The number of carbonyl (C=O) groups excluding carboxylic acids is 1. The first-order chi connectivity index (χ1) is 2.81. The van der Waals surface area contributed by atoms with Gasteiger partial charge in [-0.2, -0.15) is 0 Å². The summed E-state index contributed by atoms with van der Waals surface area (Å²) in [6.07, 6.45) is 0.861. The molecule has 0 radical (unpaired) electrons. The fourth-order valence-electron chi connectivity index (χ4n) is 0.0680. The van der Waals surface area contributed by atoms with Gasteiger partial charge in [-0.25, -0.2) is 4.79 Å². The maximum atomic E-state index is 9.78. The van der Waals surface area contributed by atoms with E-state index < -0.39 is 5.97 Å². The average Bonchev–Trinajstić information content (AvgIpc) is 1.65. The van der Waals surface area contributed by atoms with Gasteiger partial charge in [0.2, 0.25) is 6.21 Å². The Balaban J connectivity index is 3.23. The predicted octanol–water partition coefficient (Wildman–Crippen LogP) is -2.01. The molecule has 0 bridgehead atoms. The van der Waals surface area contributed by atoms with E-state index in [1.807, 2.05) is 0 Å². The Labute approximate surface area is 35.4 Å². The SMILES string of the molecule is COC(=O)C=[NH2+]. The lowest BCUT2D eigenvalue weighted by Gasteiger charge is -1.78. The van der Waals surface area contributed by atoms with Gasteiger partial charge in [-0.05, 0) is 0 Å². The first-order valence-electron chi connectivity index (χ1n) is 1.44. The Kier molecular flexibility index (Phi) is 2.04. The molecule has 3 nitrogen and oxygen atoms in total. The van der Waals surface area contributed by atoms with Crippen LogP contribution in [0.1, 0.15) is 0 Å². The van der Waals surface area contributed by atoms with Crippen molar-refractivity contribution in [3.63, 3.8) is 0 Å². The highest BCUT2D eigenvalue weighted by molar-refractivity contribution is 6.20. The van der Waals surface area contributed by atoms with Crippen LogP contribution in [0.15, 0.2) is 0 Å². The Morgan fingerprint density at radius 1 is 2.00 bits per heavy atom. The van der Waals surface area contributed by atoms with E-state index in [4.69, 9.17) is 0 Å². The van der Waals surface area contributed by atoms with Gasteiger partial charge in [0, 0.05) is 0 Å². The lowest BCUT2D eigenvalue weighted by Crippen LogP contribution is -2.34. The Bertz CT molecular complexity index is 69.2. The second-order valence-corrected chi connectivity index (χ2v) is 0.690. The molecule has 0 fully saturated rings. The summed E-state index contributed by atoms with van der Waals surface area (Å²) in [7, 11) is 1.27. The molecule has 0 aromatic carbocycles. The standard InChI is InChI=1S/C3H5NO2/c1-6-3(5)2-4/h2,4H,1H3/p+1. The number of methoxy groups -OCH3 is 1. The van der Waals surface area contributed by atoms with E-state index in [0.717, 1.165) is 6.21 Å². The minimum absolute atomic E-state index is 0.505. The van der Waals surface area contributed by atoms with Crippen molar-refractivity contribution in [1.82, 2.24) is 0 Å². The Morgan fingerprint density at radius 2 is 2.50 bits per heavy atom. The molecule has 0 rings (SSSR count). The number of nitrogens with two attached hydrogens (primary N) is 1. The monoisotopic (exact) mass is 88.0 g/mol. The Hall–Kier alpha value is -0.860. The Morgan fingerprint density at radius 3 is 2.50 bits per heavy atom. The van der Waals surface area contributed by atoms with E-state index in [0.29, 0.717) is 0 Å². The molecule has 0 saturated carbocycles. The molecule has 0 aliphatic heterocycles. The van der Waals surface area contributed by atoms with Crippen LogP contribution in [0.4, 0.5) is 0 Å². The molecule has 0 atom stereocenters. The quantitative estimate of drug-likeness (QED) is 0.297. The summed E-state index contributed by atoms with van der Waals surface area (Å²) in [4.78, 5) is 9.78. The second-order valence-electron chi connectivity index (χ2n) is 0.690. The van der Waals surface area contributed by atoms with Crippen molar-refractivity contribution in [1.29, 1.82) is 0 Å². The summed E-state index contributed by atoms with van der Waals surface area (Å²) in [5.41, 5.74) is 0. The summed E-state index contributed by atoms with van der Waals surface area (Å²) in [6.45, 7) is 0. The fourth-order valence-corrected chi connectivity index (χ4v) is 0.0680. The van der Waals surface area contributed by atoms with Crippen LogP contribution >= 0.6 is 0 Å². The molecule has 2 N–H and O–H groups in total. The molecule has 0 aliphatic rings. The van der Waals surface area contributed by atoms with Crippen molar-refractivity contribution in [3.8, 4) is 0 Å². The molecule has 0 saturated heterocycles. The molecule has 0 amide bonds. The van der Waals surface area contributed by atoms with E-state index in [1.165, 1.54) is 7.11 Å². The molecule has 0 aromatic heterocycles. The number of ether oxygens (including phenoxy) is 1. The summed E-state index contributed by atoms with van der Waals surface area (Å²) >= 11 is 0. The van der Waals surface area contributed by atoms with E-state index in [-0.39, 0.29) is 0 Å². The van der Waals surface area contributed by atoms with Crippen molar-refractivity contribution in [2.24, 2.45) is 0 Å². The molecule has 6 heavy (non-hydrogen) atoms. The lowest BCUT2D eigenvalue weighted by atomic mass is 10.8. The van der Waals surface area contributed by atoms with Crippen molar-refractivity contribution in [2.45, 2.75) is 0 Å².